The van der Waals surface area contributed by atoms with Crippen LogP contribution in [0.1, 0.15) is 17.3 Å². The third-order valence-electron chi connectivity index (χ3n) is 2.23. The highest BCUT2D eigenvalue weighted by Crippen LogP contribution is 2.23. The molecule has 92 valence electrons. The van der Waals surface area contributed by atoms with Gasteiger partial charge in [0.15, 0.2) is 6.29 Å². The summed E-state index contributed by atoms with van der Waals surface area (Å²) in [5, 5.41) is 0. The van der Waals surface area contributed by atoms with Gasteiger partial charge in [-0.1, -0.05) is 6.07 Å². The van der Waals surface area contributed by atoms with Crippen molar-refractivity contribution in [3.05, 3.63) is 48.2 Å². The lowest BCUT2D eigenvalue weighted by Gasteiger charge is -2.07. The zero-order valence-electron chi connectivity index (χ0n) is 10.00. The highest BCUT2D eigenvalue weighted by atomic mass is 16.5. The van der Waals surface area contributed by atoms with Gasteiger partial charge in [0.05, 0.1) is 6.61 Å². The third kappa shape index (κ3) is 3.07. The molecular weight excluding hydrogens is 230 g/mol. The van der Waals surface area contributed by atoms with E-state index in [4.69, 9.17) is 9.47 Å². The van der Waals surface area contributed by atoms with E-state index in [0.717, 1.165) is 12.0 Å². The molecule has 1 heterocycles. The summed E-state index contributed by atoms with van der Waals surface area (Å²) in [5.41, 5.74) is 0.519. The van der Waals surface area contributed by atoms with Crippen molar-refractivity contribution in [2.75, 3.05) is 6.61 Å². The van der Waals surface area contributed by atoms with Crippen LogP contribution in [0.4, 0.5) is 0 Å². The molecule has 4 heteroatoms. The average molecular weight is 243 g/mol. The maximum absolute atomic E-state index is 10.5. The van der Waals surface area contributed by atoms with E-state index in [2.05, 4.69) is 4.98 Å². The van der Waals surface area contributed by atoms with Gasteiger partial charge in [0.25, 0.3) is 0 Å². The molecule has 0 radical (unpaired) electrons. The van der Waals surface area contributed by atoms with Gasteiger partial charge in [-0.15, -0.1) is 0 Å². The maximum Gasteiger partial charge on any atom is 0.219 e. The Labute approximate surface area is 105 Å². The molecule has 2 rings (SSSR count). The minimum atomic E-state index is 0.439. The Morgan fingerprint density at radius 2 is 2.06 bits per heavy atom. The lowest BCUT2D eigenvalue weighted by molar-refractivity contribution is 0.112. The Morgan fingerprint density at radius 3 is 2.72 bits per heavy atom. The van der Waals surface area contributed by atoms with E-state index < -0.39 is 0 Å². The molecule has 0 aliphatic heterocycles. The SMILES string of the molecule is CCOc1cccc(Oc2ccc(C=O)cn2)c1. The first-order valence-electron chi connectivity index (χ1n) is 5.64. The van der Waals surface area contributed by atoms with E-state index in [0.29, 0.717) is 23.8 Å². The average Bonchev–Trinajstić information content (AvgIpc) is 2.40. The molecule has 0 spiro atoms. The zero-order chi connectivity index (χ0) is 12.8. The minimum Gasteiger partial charge on any atom is -0.494 e. The second kappa shape index (κ2) is 5.82. The quantitative estimate of drug-likeness (QED) is 0.757. The van der Waals surface area contributed by atoms with Crippen LogP contribution in [0.25, 0.3) is 0 Å². The molecule has 0 unspecified atom stereocenters. The third-order valence-corrected chi connectivity index (χ3v) is 2.23. The lowest BCUT2D eigenvalue weighted by atomic mass is 10.3. The summed E-state index contributed by atoms with van der Waals surface area (Å²) < 4.78 is 10.9. The van der Waals surface area contributed by atoms with Crippen molar-refractivity contribution in [1.82, 2.24) is 4.98 Å². The summed E-state index contributed by atoms with van der Waals surface area (Å²) in [4.78, 5) is 14.5. The summed E-state index contributed by atoms with van der Waals surface area (Å²) in [7, 11) is 0. The van der Waals surface area contributed by atoms with Crippen LogP contribution in [0.15, 0.2) is 42.6 Å². The molecule has 18 heavy (non-hydrogen) atoms. The zero-order valence-corrected chi connectivity index (χ0v) is 10.00. The molecule has 0 fully saturated rings. The highest BCUT2D eigenvalue weighted by molar-refractivity contribution is 5.74. The van der Waals surface area contributed by atoms with Crippen LogP contribution in [-0.2, 0) is 0 Å². The monoisotopic (exact) mass is 243 g/mol. The number of carbonyl (C=O) groups excluding carboxylic acids is 1. The minimum absolute atomic E-state index is 0.439. The molecule has 1 aromatic carbocycles. The van der Waals surface area contributed by atoms with E-state index in [9.17, 15) is 4.79 Å². The molecule has 2 aromatic rings. The predicted octanol–water partition coefficient (Wildman–Crippen LogP) is 3.09. The predicted molar refractivity (Wildman–Crippen MR) is 67.3 cm³/mol. The van der Waals surface area contributed by atoms with Gasteiger partial charge in [-0.2, -0.15) is 0 Å². The number of hydrogen-bond donors (Lipinski definition) is 0. The Hall–Kier alpha value is -2.36. The van der Waals surface area contributed by atoms with Gasteiger partial charge in [-0.05, 0) is 25.1 Å². The Kier molecular flexibility index (Phi) is 3.91. The first kappa shape index (κ1) is 12.1. The Morgan fingerprint density at radius 1 is 1.22 bits per heavy atom. The summed E-state index contributed by atoms with van der Waals surface area (Å²) >= 11 is 0. The van der Waals surface area contributed by atoms with Crippen LogP contribution in [0.5, 0.6) is 17.4 Å². The summed E-state index contributed by atoms with van der Waals surface area (Å²) in [6.07, 6.45) is 2.21. The van der Waals surface area contributed by atoms with Gasteiger partial charge in [-0.25, -0.2) is 4.98 Å². The molecule has 0 bridgehead atoms. The lowest BCUT2D eigenvalue weighted by Crippen LogP contribution is -1.93. The highest BCUT2D eigenvalue weighted by Gasteiger charge is 2.01. The van der Waals surface area contributed by atoms with Crippen LogP contribution >= 0.6 is 0 Å². The van der Waals surface area contributed by atoms with Crippen molar-refractivity contribution >= 4 is 6.29 Å². The smallest absolute Gasteiger partial charge is 0.219 e. The van der Waals surface area contributed by atoms with Crippen molar-refractivity contribution < 1.29 is 14.3 Å². The summed E-state index contributed by atoms with van der Waals surface area (Å²) in [6.45, 7) is 2.53. The molecule has 0 atom stereocenters. The van der Waals surface area contributed by atoms with Gasteiger partial charge in [-0.3, -0.25) is 4.79 Å². The number of ether oxygens (including phenoxy) is 2. The number of benzene rings is 1. The fourth-order valence-electron chi connectivity index (χ4n) is 1.44. The molecule has 0 N–H and O–H groups in total. The molecule has 4 nitrogen and oxygen atoms in total. The van der Waals surface area contributed by atoms with Gasteiger partial charge in [0.1, 0.15) is 11.5 Å². The number of nitrogens with zero attached hydrogens (tertiary/aromatic N) is 1. The van der Waals surface area contributed by atoms with E-state index in [1.54, 1.807) is 18.2 Å². The topological polar surface area (TPSA) is 48.4 Å². The molecule has 0 saturated carbocycles. The van der Waals surface area contributed by atoms with Crippen LogP contribution in [0.2, 0.25) is 0 Å². The van der Waals surface area contributed by atoms with Crippen molar-refractivity contribution in [1.29, 1.82) is 0 Å². The second-order valence-electron chi connectivity index (χ2n) is 3.56. The molecular formula is C14H13NO3. The summed E-state index contributed by atoms with van der Waals surface area (Å²) in [5.74, 6) is 1.83. The first-order chi connectivity index (χ1) is 8.81. The van der Waals surface area contributed by atoms with Gasteiger partial charge in [0, 0.05) is 23.9 Å². The number of rotatable bonds is 5. The van der Waals surface area contributed by atoms with Crippen molar-refractivity contribution in [2.45, 2.75) is 6.92 Å². The van der Waals surface area contributed by atoms with E-state index in [-0.39, 0.29) is 0 Å². The van der Waals surface area contributed by atoms with E-state index >= 15 is 0 Å². The molecule has 1 aromatic heterocycles. The van der Waals surface area contributed by atoms with Crippen LogP contribution < -0.4 is 9.47 Å². The van der Waals surface area contributed by atoms with Crippen LogP contribution in [0, 0.1) is 0 Å². The fourth-order valence-corrected chi connectivity index (χ4v) is 1.44. The van der Waals surface area contributed by atoms with Crippen LogP contribution in [0.3, 0.4) is 0 Å². The standard InChI is InChI=1S/C14H13NO3/c1-2-17-12-4-3-5-13(8-12)18-14-7-6-11(10-16)9-15-14/h3-10H,2H2,1H3. The van der Waals surface area contributed by atoms with Crippen LogP contribution in [-0.4, -0.2) is 17.9 Å². The normalized spacial score (nSPS) is 9.83. The number of aromatic nitrogens is 1. The van der Waals surface area contributed by atoms with Crippen molar-refractivity contribution in [3.63, 3.8) is 0 Å². The second-order valence-corrected chi connectivity index (χ2v) is 3.56. The van der Waals surface area contributed by atoms with Crippen molar-refractivity contribution in [3.8, 4) is 17.4 Å². The number of carbonyl (C=O) groups is 1. The largest absolute Gasteiger partial charge is 0.494 e. The maximum atomic E-state index is 10.5. The fraction of sp³-hybridized carbons (Fsp3) is 0.143. The molecule has 0 aliphatic rings. The van der Waals surface area contributed by atoms with Gasteiger partial charge in [0.2, 0.25) is 5.88 Å². The van der Waals surface area contributed by atoms with E-state index in [1.807, 2.05) is 25.1 Å². The number of pyridine rings is 1. The molecule has 0 amide bonds. The number of aldehydes is 1. The van der Waals surface area contributed by atoms with Gasteiger partial charge < -0.3 is 9.47 Å². The van der Waals surface area contributed by atoms with E-state index in [1.165, 1.54) is 6.20 Å². The number of hydrogen-bond acceptors (Lipinski definition) is 4. The Bertz CT molecular complexity index is 523. The molecule has 0 saturated heterocycles. The Balaban J connectivity index is 2.12. The van der Waals surface area contributed by atoms with Crippen molar-refractivity contribution in [2.24, 2.45) is 0 Å². The summed E-state index contributed by atoms with van der Waals surface area (Å²) in [6, 6.07) is 10.6. The molecule has 0 aliphatic carbocycles. The first-order valence-corrected chi connectivity index (χ1v) is 5.64. The van der Waals surface area contributed by atoms with Gasteiger partial charge >= 0.3 is 0 Å².